The van der Waals surface area contributed by atoms with E-state index in [9.17, 15) is 9.59 Å². The van der Waals surface area contributed by atoms with Crippen molar-refractivity contribution in [2.24, 2.45) is 0 Å². The first-order valence-corrected chi connectivity index (χ1v) is 6.32. The van der Waals surface area contributed by atoms with Gasteiger partial charge >= 0.3 is 5.97 Å². The molecule has 0 aliphatic rings. The molecule has 1 amide bonds. The van der Waals surface area contributed by atoms with Crippen molar-refractivity contribution in [2.75, 3.05) is 12.4 Å². The number of amides is 1. The van der Waals surface area contributed by atoms with Gasteiger partial charge in [-0.1, -0.05) is 0 Å². The van der Waals surface area contributed by atoms with Crippen LogP contribution in [0, 0.1) is 6.92 Å². The molecule has 5 heteroatoms. The number of methoxy groups -OCH3 is 1. The molecule has 108 valence electrons. The quantitative estimate of drug-likeness (QED) is 0.692. The maximum absolute atomic E-state index is 11.7. The van der Waals surface area contributed by atoms with Crippen LogP contribution in [0.3, 0.4) is 0 Å². The molecule has 0 spiro atoms. The first-order chi connectivity index (χ1) is 10.1. The highest BCUT2D eigenvalue weighted by atomic mass is 16.5. The predicted octanol–water partition coefficient (Wildman–Crippen LogP) is 3.03. The second-order valence-electron chi connectivity index (χ2n) is 4.34. The second-order valence-corrected chi connectivity index (χ2v) is 4.34. The number of anilines is 1. The molecule has 0 fully saturated rings. The van der Waals surface area contributed by atoms with E-state index in [-0.39, 0.29) is 5.91 Å². The van der Waals surface area contributed by atoms with Gasteiger partial charge in [0.15, 0.2) is 0 Å². The first kappa shape index (κ1) is 14.6. The number of carbonyl (C=O) groups is 2. The summed E-state index contributed by atoms with van der Waals surface area (Å²) in [6.07, 6.45) is 2.97. The summed E-state index contributed by atoms with van der Waals surface area (Å²) in [5.74, 6) is 0.702. The lowest BCUT2D eigenvalue weighted by Gasteiger charge is -2.03. The number of hydrogen-bond donors (Lipinski definition) is 1. The third-order valence-corrected chi connectivity index (χ3v) is 2.73. The van der Waals surface area contributed by atoms with E-state index in [0.29, 0.717) is 17.0 Å². The summed E-state index contributed by atoms with van der Waals surface area (Å²) in [7, 11) is 1.32. The Kier molecular flexibility index (Phi) is 4.56. The highest BCUT2D eigenvalue weighted by molar-refractivity contribution is 6.02. The number of furan rings is 1. The summed E-state index contributed by atoms with van der Waals surface area (Å²) in [5.41, 5.74) is 1.02. The molecule has 1 aromatic carbocycles. The van der Waals surface area contributed by atoms with Gasteiger partial charge in [-0.2, -0.15) is 0 Å². The van der Waals surface area contributed by atoms with Gasteiger partial charge in [0, 0.05) is 11.8 Å². The number of rotatable bonds is 4. The maximum atomic E-state index is 11.7. The molecule has 0 atom stereocenters. The molecule has 0 aliphatic heterocycles. The number of carbonyl (C=O) groups excluding carboxylic acids is 2. The molecule has 2 aromatic rings. The van der Waals surface area contributed by atoms with Crippen molar-refractivity contribution >= 4 is 23.6 Å². The Balaban J connectivity index is 1.96. The van der Waals surface area contributed by atoms with Crippen LogP contribution < -0.4 is 5.32 Å². The molecule has 1 aromatic heterocycles. The standard InChI is InChI=1S/C16H15NO4/c1-11-3-8-14(21-11)9-10-15(18)17-13-6-4-12(5-7-13)16(19)20-2/h3-10H,1-2H3,(H,17,18). The minimum Gasteiger partial charge on any atom is -0.465 e. The van der Waals surface area contributed by atoms with Crippen molar-refractivity contribution in [3.8, 4) is 0 Å². The van der Waals surface area contributed by atoms with Gasteiger partial charge in [-0.3, -0.25) is 4.79 Å². The lowest BCUT2D eigenvalue weighted by Crippen LogP contribution is -2.08. The van der Waals surface area contributed by atoms with Crippen LogP contribution in [0.2, 0.25) is 0 Å². The maximum Gasteiger partial charge on any atom is 0.337 e. The van der Waals surface area contributed by atoms with E-state index in [1.54, 1.807) is 36.4 Å². The fourth-order valence-corrected chi connectivity index (χ4v) is 1.69. The Morgan fingerprint density at radius 2 is 1.86 bits per heavy atom. The zero-order valence-electron chi connectivity index (χ0n) is 11.8. The van der Waals surface area contributed by atoms with Crippen LogP contribution >= 0.6 is 0 Å². The van der Waals surface area contributed by atoms with Crippen LogP contribution in [0.4, 0.5) is 5.69 Å². The fourth-order valence-electron chi connectivity index (χ4n) is 1.69. The van der Waals surface area contributed by atoms with E-state index in [1.165, 1.54) is 13.2 Å². The van der Waals surface area contributed by atoms with Crippen molar-refractivity contribution in [2.45, 2.75) is 6.92 Å². The molecular formula is C16H15NO4. The van der Waals surface area contributed by atoms with Crippen LogP contribution in [-0.4, -0.2) is 19.0 Å². The number of nitrogens with one attached hydrogen (secondary N) is 1. The highest BCUT2D eigenvalue weighted by Crippen LogP contribution is 2.11. The topological polar surface area (TPSA) is 68.5 Å². The molecule has 0 radical (unpaired) electrons. The average Bonchev–Trinajstić information content (AvgIpc) is 2.91. The summed E-state index contributed by atoms with van der Waals surface area (Å²) in [6, 6.07) is 10.0. The lowest BCUT2D eigenvalue weighted by atomic mass is 10.2. The van der Waals surface area contributed by atoms with Crippen LogP contribution in [-0.2, 0) is 9.53 Å². The van der Waals surface area contributed by atoms with Gasteiger partial charge in [0.1, 0.15) is 11.5 Å². The average molecular weight is 285 g/mol. The number of aryl methyl sites for hydroxylation is 1. The zero-order valence-corrected chi connectivity index (χ0v) is 11.8. The Bertz CT molecular complexity index is 668. The lowest BCUT2D eigenvalue weighted by molar-refractivity contribution is -0.111. The van der Waals surface area contributed by atoms with Gasteiger partial charge in [-0.25, -0.2) is 4.79 Å². The summed E-state index contributed by atoms with van der Waals surface area (Å²) in [4.78, 5) is 23.0. The van der Waals surface area contributed by atoms with Crippen LogP contribution in [0.1, 0.15) is 21.9 Å². The molecule has 0 bridgehead atoms. The van der Waals surface area contributed by atoms with Gasteiger partial charge in [-0.15, -0.1) is 0 Å². The monoisotopic (exact) mass is 285 g/mol. The third kappa shape index (κ3) is 4.07. The Morgan fingerprint density at radius 3 is 2.43 bits per heavy atom. The minimum absolute atomic E-state index is 0.283. The van der Waals surface area contributed by atoms with Crippen molar-refractivity contribution < 1.29 is 18.7 Å². The normalized spacial score (nSPS) is 10.6. The smallest absolute Gasteiger partial charge is 0.337 e. The van der Waals surface area contributed by atoms with Crippen molar-refractivity contribution in [3.63, 3.8) is 0 Å². The summed E-state index contributed by atoms with van der Waals surface area (Å²) < 4.78 is 9.92. The van der Waals surface area contributed by atoms with Crippen molar-refractivity contribution in [1.29, 1.82) is 0 Å². The molecule has 5 nitrogen and oxygen atoms in total. The molecule has 0 aliphatic carbocycles. The molecule has 0 saturated carbocycles. The Labute approximate surface area is 122 Å². The van der Waals surface area contributed by atoms with E-state index < -0.39 is 5.97 Å². The number of benzene rings is 1. The van der Waals surface area contributed by atoms with Crippen LogP contribution in [0.25, 0.3) is 6.08 Å². The second kappa shape index (κ2) is 6.56. The van der Waals surface area contributed by atoms with E-state index in [4.69, 9.17) is 4.42 Å². The molecule has 0 saturated heterocycles. The summed E-state index contributed by atoms with van der Waals surface area (Å²) in [6.45, 7) is 1.83. The SMILES string of the molecule is COC(=O)c1ccc(NC(=O)C=Cc2ccc(C)o2)cc1. The van der Waals surface area contributed by atoms with Gasteiger partial charge in [-0.05, 0) is 49.4 Å². The first-order valence-electron chi connectivity index (χ1n) is 6.32. The number of ether oxygens (including phenoxy) is 1. The van der Waals surface area contributed by atoms with Crippen molar-refractivity contribution in [3.05, 3.63) is 59.6 Å². The van der Waals surface area contributed by atoms with Crippen LogP contribution in [0.5, 0.6) is 0 Å². The van der Waals surface area contributed by atoms with Crippen LogP contribution in [0.15, 0.2) is 46.9 Å². The van der Waals surface area contributed by atoms with Gasteiger partial charge < -0.3 is 14.5 Å². The summed E-state index contributed by atoms with van der Waals surface area (Å²) in [5, 5.41) is 2.68. The molecular weight excluding hydrogens is 270 g/mol. The number of esters is 1. The van der Waals surface area contributed by atoms with E-state index in [2.05, 4.69) is 10.1 Å². The highest BCUT2D eigenvalue weighted by Gasteiger charge is 2.05. The summed E-state index contributed by atoms with van der Waals surface area (Å²) >= 11 is 0. The zero-order chi connectivity index (χ0) is 15.2. The fraction of sp³-hybridized carbons (Fsp3) is 0.125. The van der Waals surface area contributed by atoms with E-state index in [0.717, 1.165) is 5.76 Å². The van der Waals surface area contributed by atoms with Gasteiger partial charge in [0.25, 0.3) is 0 Å². The predicted molar refractivity (Wildman–Crippen MR) is 78.9 cm³/mol. The van der Waals surface area contributed by atoms with E-state index >= 15 is 0 Å². The molecule has 1 N–H and O–H groups in total. The van der Waals surface area contributed by atoms with Gasteiger partial charge in [0.05, 0.1) is 12.7 Å². The van der Waals surface area contributed by atoms with E-state index in [1.807, 2.05) is 13.0 Å². The largest absolute Gasteiger partial charge is 0.465 e. The molecule has 0 unspecified atom stereocenters. The molecule has 21 heavy (non-hydrogen) atoms. The molecule has 2 rings (SSSR count). The molecule has 1 heterocycles. The number of hydrogen-bond acceptors (Lipinski definition) is 4. The Hall–Kier alpha value is -2.82. The Morgan fingerprint density at radius 1 is 1.14 bits per heavy atom. The third-order valence-electron chi connectivity index (χ3n) is 2.73. The van der Waals surface area contributed by atoms with Crippen molar-refractivity contribution in [1.82, 2.24) is 0 Å². The van der Waals surface area contributed by atoms with Gasteiger partial charge in [0.2, 0.25) is 5.91 Å². The minimum atomic E-state index is -0.416.